The maximum atomic E-state index is 13.1. The van der Waals surface area contributed by atoms with E-state index in [0.29, 0.717) is 11.3 Å². The molecule has 0 bridgehead atoms. The van der Waals surface area contributed by atoms with E-state index in [1.54, 1.807) is 19.2 Å². The Morgan fingerprint density at radius 1 is 1.16 bits per heavy atom. The van der Waals surface area contributed by atoms with Gasteiger partial charge in [-0.15, -0.1) is 0 Å². The summed E-state index contributed by atoms with van der Waals surface area (Å²) in [5, 5.41) is 2.78. The quantitative estimate of drug-likeness (QED) is 0.907. The molecule has 2 nitrogen and oxygen atoms in total. The minimum absolute atomic E-state index is 0.231. The number of halogens is 3. The molecule has 1 saturated heterocycles. The number of benzene rings is 1. The molecule has 1 aromatic carbocycles. The minimum Gasteiger partial charge on any atom is -0.372 e. The first-order chi connectivity index (χ1) is 9.02. The average Bonchev–Trinajstić information content (AvgIpc) is 2.39. The van der Waals surface area contributed by atoms with E-state index in [-0.39, 0.29) is 6.54 Å². The van der Waals surface area contributed by atoms with Crippen LogP contribution in [0.25, 0.3) is 0 Å². The Labute approximate surface area is 111 Å². The number of alkyl halides is 3. The van der Waals surface area contributed by atoms with E-state index in [2.05, 4.69) is 5.32 Å². The zero-order valence-electron chi connectivity index (χ0n) is 11.1. The maximum Gasteiger partial charge on any atom is 0.416 e. The van der Waals surface area contributed by atoms with Gasteiger partial charge in [0.05, 0.1) is 5.56 Å². The smallest absolute Gasteiger partial charge is 0.372 e. The second-order valence-corrected chi connectivity index (χ2v) is 4.92. The molecule has 0 aliphatic carbocycles. The Kier molecular flexibility index (Phi) is 4.34. The highest BCUT2D eigenvalue weighted by atomic mass is 19.4. The number of nitrogens with zero attached hydrogens (tertiary/aromatic N) is 1. The van der Waals surface area contributed by atoms with E-state index >= 15 is 0 Å². The lowest BCUT2D eigenvalue weighted by Crippen LogP contribution is -2.29. The van der Waals surface area contributed by atoms with Gasteiger partial charge in [0, 0.05) is 25.3 Å². The molecule has 1 N–H and O–H groups in total. The van der Waals surface area contributed by atoms with Crippen LogP contribution in [-0.4, -0.2) is 20.1 Å². The van der Waals surface area contributed by atoms with Gasteiger partial charge in [0.1, 0.15) is 0 Å². The molecule has 0 amide bonds. The molecule has 1 aliphatic rings. The highest BCUT2D eigenvalue weighted by Crippen LogP contribution is 2.35. The number of piperidine rings is 1. The zero-order valence-corrected chi connectivity index (χ0v) is 11.1. The van der Waals surface area contributed by atoms with Crippen molar-refractivity contribution in [2.24, 2.45) is 0 Å². The molecule has 106 valence electrons. The van der Waals surface area contributed by atoms with Crippen molar-refractivity contribution < 1.29 is 13.2 Å². The van der Waals surface area contributed by atoms with Gasteiger partial charge in [-0.05, 0) is 44.0 Å². The summed E-state index contributed by atoms with van der Waals surface area (Å²) in [6.07, 6.45) is -1.02. The maximum absolute atomic E-state index is 13.1. The van der Waals surface area contributed by atoms with Crippen molar-refractivity contribution in [2.45, 2.75) is 32.0 Å². The first kappa shape index (κ1) is 14.2. The van der Waals surface area contributed by atoms with Crippen molar-refractivity contribution in [1.29, 1.82) is 0 Å². The fourth-order valence-corrected chi connectivity index (χ4v) is 2.52. The van der Waals surface area contributed by atoms with Crippen molar-refractivity contribution in [3.63, 3.8) is 0 Å². The summed E-state index contributed by atoms with van der Waals surface area (Å²) >= 11 is 0. The summed E-state index contributed by atoms with van der Waals surface area (Å²) in [6.45, 7) is 1.93. The van der Waals surface area contributed by atoms with Gasteiger partial charge in [-0.2, -0.15) is 13.2 Å². The van der Waals surface area contributed by atoms with Crippen molar-refractivity contribution in [3.8, 4) is 0 Å². The van der Waals surface area contributed by atoms with Crippen LogP contribution in [0.2, 0.25) is 0 Å². The van der Waals surface area contributed by atoms with Crippen LogP contribution in [0.3, 0.4) is 0 Å². The van der Waals surface area contributed by atoms with Crippen LogP contribution in [0, 0.1) is 0 Å². The lowest BCUT2D eigenvalue weighted by Gasteiger charge is -2.29. The molecule has 1 aromatic rings. The molecule has 0 saturated carbocycles. The first-order valence-electron chi connectivity index (χ1n) is 6.62. The SMILES string of the molecule is CNCc1ccc(N2CCCCC2)cc1C(F)(F)F. The largest absolute Gasteiger partial charge is 0.416 e. The van der Waals surface area contributed by atoms with Gasteiger partial charge in [-0.25, -0.2) is 0 Å². The van der Waals surface area contributed by atoms with E-state index in [1.165, 1.54) is 12.5 Å². The van der Waals surface area contributed by atoms with Crippen LogP contribution >= 0.6 is 0 Å². The predicted octanol–water partition coefficient (Wildman–Crippen LogP) is 3.42. The summed E-state index contributed by atoms with van der Waals surface area (Å²) in [5.41, 5.74) is 0.465. The van der Waals surface area contributed by atoms with Crippen molar-refractivity contribution >= 4 is 5.69 Å². The third kappa shape index (κ3) is 3.41. The monoisotopic (exact) mass is 272 g/mol. The third-order valence-electron chi connectivity index (χ3n) is 3.49. The fourth-order valence-electron chi connectivity index (χ4n) is 2.52. The molecule has 1 heterocycles. The van der Waals surface area contributed by atoms with Gasteiger partial charge in [-0.3, -0.25) is 0 Å². The molecular formula is C14H19F3N2. The summed E-state index contributed by atoms with van der Waals surface area (Å²) < 4.78 is 39.2. The standard InChI is InChI=1S/C14H19F3N2/c1-18-10-11-5-6-12(9-13(11)14(15,16)17)19-7-3-2-4-8-19/h5-6,9,18H,2-4,7-8,10H2,1H3. The number of anilines is 1. The second kappa shape index (κ2) is 5.82. The summed E-state index contributed by atoms with van der Waals surface area (Å²) in [5.74, 6) is 0. The number of rotatable bonds is 3. The highest BCUT2D eigenvalue weighted by molar-refractivity contribution is 5.52. The molecule has 1 aliphatic heterocycles. The van der Waals surface area contributed by atoms with Crippen LogP contribution in [0.5, 0.6) is 0 Å². The van der Waals surface area contributed by atoms with Crippen molar-refractivity contribution in [2.75, 3.05) is 25.0 Å². The number of nitrogens with one attached hydrogen (secondary N) is 1. The molecule has 0 aromatic heterocycles. The highest BCUT2D eigenvalue weighted by Gasteiger charge is 2.33. The Balaban J connectivity index is 2.31. The summed E-state index contributed by atoms with van der Waals surface area (Å²) in [4.78, 5) is 2.04. The van der Waals surface area contributed by atoms with Crippen molar-refractivity contribution in [1.82, 2.24) is 5.32 Å². The normalized spacial score (nSPS) is 16.7. The Hall–Kier alpha value is -1.23. The number of hydrogen-bond donors (Lipinski definition) is 1. The van der Waals surface area contributed by atoms with Crippen LogP contribution in [-0.2, 0) is 12.7 Å². The first-order valence-corrected chi connectivity index (χ1v) is 6.62. The topological polar surface area (TPSA) is 15.3 Å². The molecule has 0 unspecified atom stereocenters. The minimum atomic E-state index is -4.29. The van der Waals surface area contributed by atoms with E-state index < -0.39 is 11.7 Å². The van der Waals surface area contributed by atoms with Crippen LogP contribution in [0.1, 0.15) is 30.4 Å². The van der Waals surface area contributed by atoms with Gasteiger partial charge >= 0.3 is 6.18 Å². The third-order valence-corrected chi connectivity index (χ3v) is 3.49. The van der Waals surface area contributed by atoms with Gasteiger partial charge in [0.2, 0.25) is 0 Å². The van der Waals surface area contributed by atoms with Gasteiger partial charge in [0.25, 0.3) is 0 Å². The summed E-state index contributed by atoms with van der Waals surface area (Å²) in [6, 6.07) is 4.68. The van der Waals surface area contributed by atoms with Crippen LogP contribution < -0.4 is 10.2 Å². The van der Waals surface area contributed by atoms with Gasteiger partial charge in [0.15, 0.2) is 0 Å². The Bertz CT molecular complexity index is 423. The molecular weight excluding hydrogens is 253 g/mol. The molecule has 0 radical (unpaired) electrons. The second-order valence-electron chi connectivity index (χ2n) is 4.92. The lowest BCUT2D eigenvalue weighted by atomic mass is 10.0. The number of hydrogen-bond acceptors (Lipinski definition) is 2. The van der Waals surface area contributed by atoms with Gasteiger partial charge in [-0.1, -0.05) is 6.07 Å². The predicted molar refractivity (Wildman–Crippen MR) is 70.3 cm³/mol. The molecule has 0 spiro atoms. The Morgan fingerprint density at radius 3 is 2.42 bits per heavy atom. The molecule has 0 atom stereocenters. The van der Waals surface area contributed by atoms with Gasteiger partial charge < -0.3 is 10.2 Å². The van der Waals surface area contributed by atoms with E-state index in [9.17, 15) is 13.2 Å². The van der Waals surface area contributed by atoms with Crippen LogP contribution in [0.15, 0.2) is 18.2 Å². The van der Waals surface area contributed by atoms with E-state index in [4.69, 9.17) is 0 Å². The molecule has 2 rings (SSSR count). The molecule has 19 heavy (non-hydrogen) atoms. The summed E-state index contributed by atoms with van der Waals surface area (Å²) in [7, 11) is 1.65. The lowest BCUT2D eigenvalue weighted by molar-refractivity contribution is -0.138. The zero-order chi connectivity index (χ0) is 13.9. The molecule has 5 heteroatoms. The van der Waals surface area contributed by atoms with Crippen LogP contribution in [0.4, 0.5) is 18.9 Å². The Morgan fingerprint density at radius 2 is 1.84 bits per heavy atom. The molecule has 1 fully saturated rings. The van der Waals surface area contributed by atoms with E-state index in [0.717, 1.165) is 25.9 Å². The average molecular weight is 272 g/mol. The van der Waals surface area contributed by atoms with E-state index in [1.807, 2.05) is 4.90 Å². The fraction of sp³-hybridized carbons (Fsp3) is 0.571. The van der Waals surface area contributed by atoms with Crippen molar-refractivity contribution in [3.05, 3.63) is 29.3 Å².